The zero-order chi connectivity index (χ0) is 81.3. The van der Waals surface area contributed by atoms with E-state index in [1.807, 2.05) is 32.6 Å². The fourth-order valence-electron chi connectivity index (χ4n) is 14.4. The first-order valence-corrected chi connectivity index (χ1v) is 39.4. The molecule has 12 atom stereocenters. The molecule has 6 heterocycles. The summed E-state index contributed by atoms with van der Waals surface area (Å²) in [5, 5.41) is 16.4. The van der Waals surface area contributed by atoms with Crippen LogP contribution in [0.1, 0.15) is 249 Å². The molecule has 0 aromatic carbocycles. The molecule has 6 aliphatic rings. The highest BCUT2D eigenvalue weighted by molar-refractivity contribution is 5.83. The molecule has 0 unspecified atom stereocenters. The summed E-state index contributed by atoms with van der Waals surface area (Å²) in [6.45, 7) is 30.3. The van der Waals surface area contributed by atoms with Crippen molar-refractivity contribution < 1.29 is 68.9 Å². The average Bonchev–Trinajstić information content (AvgIpc) is 0.901. The molecular weight excluding hydrogens is 1420 g/mol. The summed E-state index contributed by atoms with van der Waals surface area (Å²) in [5.74, 6) is 28.0. The Hall–Kier alpha value is -6.84. The first-order valence-electron chi connectivity index (χ1n) is 39.4. The molecule has 6 fully saturated rings. The molecule has 0 aromatic heterocycles. The summed E-state index contributed by atoms with van der Waals surface area (Å²) in [6, 6.07) is 5.41. The monoisotopic (exact) mass is 1580 g/mol. The van der Waals surface area contributed by atoms with Crippen LogP contribution in [0.15, 0.2) is 0 Å². The van der Waals surface area contributed by atoms with Gasteiger partial charge in [-0.15, -0.1) is 0 Å². The number of carbonyl (C=O) groups excluding carboxylic acids is 12. The number of carbonyl (C=O) groups is 12. The first-order chi connectivity index (χ1) is 51.2. The maximum atomic E-state index is 11.8. The quantitative estimate of drug-likeness (QED) is 0.0153. The van der Waals surface area contributed by atoms with Crippen molar-refractivity contribution in [2.45, 2.75) is 310 Å². The molecule has 0 saturated carbocycles. The molecule has 0 radical (unpaired) electrons. The second kappa shape index (κ2) is 57.2. The van der Waals surface area contributed by atoms with E-state index in [1.165, 1.54) is 38.5 Å². The first kappa shape index (κ1) is 99.2. The predicted molar refractivity (Wildman–Crippen MR) is 434 cm³/mol. The van der Waals surface area contributed by atoms with E-state index in [4.69, 9.17) is 35.1 Å². The number of rotatable bonds is 30. The lowest BCUT2D eigenvalue weighted by Crippen LogP contribution is -2.49. The lowest BCUT2D eigenvalue weighted by molar-refractivity contribution is -0.125. The van der Waals surface area contributed by atoms with Crippen molar-refractivity contribution in [1.82, 2.24) is 93.9 Å². The van der Waals surface area contributed by atoms with Crippen molar-refractivity contribution in [3.8, 4) is 0 Å². The molecule has 640 valence electrons. The van der Waals surface area contributed by atoms with E-state index in [9.17, 15) is 57.5 Å². The molecule has 0 aromatic rings. The maximum Gasteiger partial charge on any atom is 0.235 e. The summed E-state index contributed by atoms with van der Waals surface area (Å²) in [4.78, 5) is 149. The lowest BCUT2D eigenvalue weighted by Gasteiger charge is -2.38. The molecular formula is C72H160N24O12. The minimum Gasteiger partial charge on any atom is -0.354 e. The molecule has 24 N–H and O–H groups in total. The van der Waals surface area contributed by atoms with Gasteiger partial charge in [0.05, 0.1) is 39.3 Å². The smallest absolute Gasteiger partial charge is 0.235 e. The van der Waals surface area contributed by atoms with Crippen molar-refractivity contribution in [3.63, 3.8) is 0 Å². The van der Waals surface area contributed by atoms with E-state index in [2.05, 4.69) is 144 Å². The molecule has 108 heavy (non-hydrogen) atoms. The molecule has 0 spiro atoms. The minimum absolute atomic E-state index is 0. The van der Waals surface area contributed by atoms with Gasteiger partial charge in [0.15, 0.2) is 0 Å². The number of hydrogen-bond donors (Lipinski definition) is 18. The normalized spacial score (nSPS) is 24.6. The van der Waals surface area contributed by atoms with Gasteiger partial charge in [-0.25, -0.2) is 35.1 Å². The Morgan fingerprint density at radius 3 is 0.407 bits per heavy atom. The Kier molecular flexibility index (Phi) is 52.6. The van der Waals surface area contributed by atoms with Crippen molar-refractivity contribution in [3.05, 3.63) is 0 Å². The molecule has 6 aliphatic heterocycles. The van der Waals surface area contributed by atoms with Crippen LogP contribution in [-0.4, -0.2) is 251 Å². The molecule has 6 rings (SSSR count). The van der Waals surface area contributed by atoms with E-state index in [1.54, 1.807) is 0 Å². The number of hydrazine groups is 6. The van der Waals surface area contributed by atoms with Crippen LogP contribution in [0.5, 0.6) is 0 Å². The van der Waals surface area contributed by atoms with Gasteiger partial charge < -0.3 is 31.9 Å². The van der Waals surface area contributed by atoms with Crippen LogP contribution in [0.3, 0.4) is 0 Å². The van der Waals surface area contributed by atoms with Gasteiger partial charge in [0.25, 0.3) is 0 Å². The van der Waals surface area contributed by atoms with Gasteiger partial charge in [0.2, 0.25) is 70.9 Å². The van der Waals surface area contributed by atoms with Gasteiger partial charge in [0, 0.05) is 162 Å². The van der Waals surface area contributed by atoms with Gasteiger partial charge in [0.1, 0.15) is 0 Å². The average molecular weight is 1580 g/mol. The van der Waals surface area contributed by atoms with Crippen LogP contribution in [0, 0.1) is 0 Å². The van der Waals surface area contributed by atoms with Crippen LogP contribution < -0.4 is 99.5 Å². The Balaban J connectivity index is -0.000000198. The van der Waals surface area contributed by atoms with Crippen LogP contribution in [0.2, 0.25) is 0 Å². The van der Waals surface area contributed by atoms with Crippen molar-refractivity contribution in [2.75, 3.05) is 78.5 Å². The van der Waals surface area contributed by atoms with Crippen molar-refractivity contribution in [2.24, 2.45) is 35.1 Å². The highest BCUT2D eigenvalue weighted by atomic mass is 16.3. The number of amides is 12. The zero-order valence-corrected chi connectivity index (χ0v) is 67.4. The molecule has 36 nitrogen and oxygen atoms in total. The van der Waals surface area contributed by atoms with Crippen molar-refractivity contribution in [1.29, 1.82) is 0 Å². The molecule has 12 amide bonds. The third-order valence-electron chi connectivity index (χ3n) is 21.2. The summed E-state index contributed by atoms with van der Waals surface area (Å²) in [5.41, 5.74) is 12.2. The summed E-state index contributed by atoms with van der Waals surface area (Å²) < 4.78 is 0. The number of nitrogens with zero attached hydrogens (tertiary/aromatic N) is 6. The third-order valence-corrected chi connectivity index (χ3v) is 21.2. The Labute approximate surface area is 654 Å². The van der Waals surface area contributed by atoms with Gasteiger partial charge in [-0.1, -0.05) is 38.5 Å². The second-order valence-corrected chi connectivity index (χ2v) is 29.8. The topological polar surface area (TPSA) is 525 Å². The fourth-order valence-corrected chi connectivity index (χ4v) is 14.4. The molecule has 6 saturated heterocycles. The van der Waals surface area contributed by atoms with Crippen LogP contribution in [-0.2, 0) is 57.5 Å². The number of nitrogens with two attached hydrogens (primary N) is 6. The minimum atomic E-state index is -0.269. The zero-order valence-electron chi connectivity index (χ0n) is 67.4. The SMILES string of the molecule is C[C@@H]1CCC[C@H](C)N1C[13C](=O)[15NH][13CH2][13CH2][13C](=O)NN.C[C@@H]1CCC[C@H](C)[15N]1C[13C](=O)[15NH][13CH2][13CH2][13C](=O)NN.[13CH3][13C@@H]1CCC[13C@H]([13CH3])N1CC(=O)[15NH]CCC(=O)NN.[13CH3][13C@@H]1CCC[13C@H]([13CH3])[15N]1CC(=O)NCCC(=O)NN.[13CH3][C@@H]1CCC[C@H]([13CH3])N1C[13C](=O)[15NH][13CH2]CC(=O)NN.[13CH3][C@@H]1CCC[C@H]([13CH3])[15N]1C[13C](=O)N[13CH2]CC(=O)NN.[HH].[HH].[HH].[HH].[HH].[HH].[HH].[HH]. The fraction of sp³-hybridized carbons (Fsp3) is 0.833. The number of hydrogen-bond acceptors (Lipinski definition) is 24. The Morgan fingerprint density at radius 2 is 0.315 bits per heavy atom. The van der Waals surface area contributed by atoms with Crippen LogP contribution in [0.25, 0.3) is 0 Å². The summed E-state index contributed by atoms with van der Waals surface area (Å²) in [7, 11) is 0. The number of piperidine rings is 6. The van der Waals surface area contributed by atoms with E-state index in [0.29, 0.717) is 151 Å². The highest BCUT2D eigenvalue weighted by Gasteiger charge is 2.32. The maximum absolute atomic E-state index is 11.8. The molecule has 0 aliphatic carbocycles. The lowest BCUT2D eigenvalue weighted by atomic mass is 9.98. The van der Waals surface area contributed by atoms with Gasteiger partial charge in [-0.2, -0.15) is 0 Å². The molecule has 36 heteroatoms. The second-order valence-electron chi connectivity index (χ2n) is 29.8. The van der Waals surface area contributed by atoms with Crippen molar-refractivity contribution >= 4 is 70.9 Å². The van der Waals surface area contributed by atoms with E-state index >= 15 is 0 Å². The number of nitrogens with one attached hydrogen (secondary N) is 12. The third kappa shape index (κ3) is 42.9. The standard InChI is InChI=1S/6C12H24N4O2.8H2/c6*1-9-4-3-5-10(2)16(9)8-12(18)14-7-6-11(17)15-13;;;;;;;;/h6*9-10H,3-8,13H2,1-2H3,(H,14,18)(H,15,17);8*1H/t6*9-,10+;;;;;;;;/i6+1,7+1,11+1,12+1,14+1,16+1;6+1,7+1,11+1,12+1,14+1;1+1,2+1,9+1,10+1,16+1;1+1,2+1,9+1,10+1,14+1;1+1,2+1,7+1,12+1,16+1;1+1,2+1,7+1,12+1,14+1;;;;;;;;. The van der Waals surface area contributed by atoms with Crippen LogP contribution >= 0.6 is 0 Å². The van der Waals surface area contributed by atoms with E-state index in [0.717, 1.165) is 77.0 Å². The largest absolute Gasteiger partial charge is 0.354 e. The Morgan fingerprint density at radius 1 is 0.213 bits per heavy atom. The van der Waals surface area contributed by atoms with Gasteiger partial charge in [-0.05, 0) is 160 Å². The highest BCUT2D eigenvalue weighted by Crippen LogP contribution is 2.26. The molecule has 0 bridgehead atoms. The van der Waals surface area contributed by atoms with E-state index in [-0.39, 0.29) is 121 Å². The summed E-state index contributed by atoms with van der Waals surface area (Å²) in [6.07, 6.45) is 22.4. The summed E-state index contributed by atoms with van der Waals surface area (Å²) >= 11 is 0. The van der Waals surface area contributed by atoms with E-state index < -0.39 is 0 Å². The predicted octanol–water partition coefficient (Wildman–Crippen LogP) is 0.441. The Bertz CT molecular complexity index is 2210. The van der Waals surface area contributed by atoms with Crippen LogP contribution in [0.4, 0.5) is 0 Å². The van der Waals surface area contributed by atoms with Gasteiger partial charge >= 0.3 is 0 Å². The van der Waals surface area contributed by atoms with Gasteiger partial charge in [-0.3, -0.25) is 119 Å². The number of likely N-dealkylation sites (tertiary alicyclic amines) is 6.